The van der Waals surface area contributed by atoms with Crippen LogP contribution in [0, 0.1) is 5.92 Å². The lowest BCUT2D eigenvalue weighted by Gasteiger charge is -2.42. The third-order valence-electron chi connectivity index (χ3n) is 18.0. The topological polar surface area (TPSA) is 588 Å². The van der Waals surface area contributed by atoms with Crippen molar-refractivity contribution < 1.29 is 132 Å². The number of rotatable bonds is 54. The Morgan fingerprint density at radius 2 is 0.750 bits per heavy atom. The molecular weight excluding hydrogens is 1430 g/mol. The van der Waals surface area contributed by atoms with Crippen molar-refractivity contribution in [1.82, 2.24) is 53.2 Å². The zero-order valence-electron chi connectivity index (χ0n) is 62.1. The van der Waals surface area contributed by atoms with Gasteiger partial charge in [-0.15, -0.1) is 0 Å². The van der Waals surface area contributed by atoms with E-state index in [1.54, 1.807) is 6.92 Å². The number of hydrogen-bond acceptors (Lipinski definition) is 29. The van der Waals surface area contributed by atoms with E-state index in [1.807, 2.05) is 0 Å². The first-order chi connectivity index (χ1) is 51.8. The number of nitrogens with zero attached hydrogens (tertiary/aromatic N) is 3. The highest BCUT2D eigenvalue weighted by Crippen LogP contribution is 2.32. The smallest absolute Gasteiger partial charge is 0.246 e. The minimum absolute atomic E-state index is 0.000902. The first-order valence-corrected chi connectivity index (χ1v) is 37.2. The van der Waals surface area contributed by atoms with Crippen molar-refractivity contribution in [2.75, 3.05) is 112 Å². The van der Waals surface area contributed by atoms with Gasteiger partial charge < -0.3 is 142 Å². The maximum absolute atomic E-state index is 13.9. The van der Waals surface area contributed by atoms with Gasteiger partial charge in [0.2, 0.25) is 53.2 Å². The van der Waals surface area contributed by atoms with Crippen molar-refractivity contribution in [3.63, 3.8) is 0 Å². The molecule has 4 rings (SSSR count). The van der Waals surface area contributed by atoms with E-state index < -0.39 is 185 Å². The van der Waals surface area contributed by atoms with Gasteiger partial charge in [-0.1, -0.05) is 24.5 Å². The van der Waals surface area contributed by atoms with Crippen molar-refractivity contribution in [2.45, 2.75) is 247 Å². The number of allylic oxidation sites excluding steroid dienone is 1. The monoisotopic (exact) mass is 1550 g/mol. The van der Waals surface area contributed by atoms with E-state index in [-0.39, 0.29) is 115 Å². The lowest BCUT2D eigenvalue weighted by atomic mass is 9.82. The van der Waals surface area contributed by atoms with Gasteiger partial charge in [0.25, 0.3) is 0 Å². The highest BCUT2D eigenvalue weighted by molar-refractivity contribution is 5.80. The number of azide groups is 1. The average Bonchev–Trinajstić information content (AvgIpc) is 0.841. The van der Waals surface area contributed by atoms with Crippen LogP contribution in [0.15, 0.2) is 17.4 Å². The van der Waals surface area contributed by atoms with E-state index in [4.69, 9.17) is 48.2 Å². The number of carbonyl (C=O) groups excluding carboxylic acids is 9. The number of nitrogens with one attached hydrogen (secondary N) is 10. The lowest BCUT2D eigenvalue weighted by Crippen LogP contribution is -2.64. The molecule has 9 amide bonds. The third kappa shape index (κ3) is 35.6. The van der Waals surface area contributed by atoms with Crippen LogP contribution in [0.3, 0.4) is 0 Å². The van der Waals surface area contributed by atoms with E-state index >= 15 is 0 Å². The van der Waals surface area contributed by atoms with Gasteiger partial charge in [0, 0.05) is 122 Å². The molecular formula is C68H119N13O27. The molecule has 19 atom stereocenters. The number of ether oxygens (including phenoxy) is 9. The molecule has 3 heterocycles. The molecule has 0 spiro atoms. The van der Waals surface area contributed by atoms with E-state index in [9.17, 15) is 89.1 Å². The van der Waals surface area contributed by atoms with Crippen LogP contribution in [0.25, 0.3) is 10.4 Å². The standard InChI is InChI=1S/C68H119N13O27/c1-40(2)78-55-61(96)58(93)46(34-82)106-66(55)100-29-12-7-18-49(87)70-22-15-25-73-52(90)37-103-44-32-43(65(99)76-21-10-5-6-11-28-77-81-69)33-45(104-38-53(91)74-26-16-23-71-50(88)19-8-13-30-101-67-56(79-41(3)85)62(97)59(94)47(35-83)107-67)64(44)105-39-54(92)75-27-17-24-72-51(89)20-9-14-31-102-68-57(80-42(4)86)63(98)60(95)48(36-84)108-68/h43-48,55-64,66-68,78,82-84,93-98H,1,5-39H2,2-4H3,(H,70,87)(H,71,88)(H,72,89)(H,73,90)(H,74,91)(H,75,92)(H,76,99)(H,79,85)(H,80,86)/t43-,44+,45+,46+,47+,48+,55+,56+,57+,58-,59-,60-,61+,62+,63+,64+,66+,67+,68+/m0/s1. The zero-order valence-corrected chi connectivity index (χ0v) is 62.1. The van der Waals surface area contributed by atoms with Crippen LogP contribution < -0.4 is 53.2 Å². The van der Waals surface area contributed by atoms with Gasteiger partial charge in [-0.3, -0.25) is 43.2 Å². The van der Waals surface area contributed by atoms with Crippen LogP contribution in [0.1, 0.15) is 136 Å². The fourth-order valence-electron chi connectivity index (χ4n) is 12.2. The SMILES string of the molecule is C=C(C)N[C@H]1[C@H](OCCCCC(=O)NCCCNC(=O)CO[C@@H]2C[C@H](C(=O)NCCCCCCN=[N+]=[N-])C[C@@H](OCC(=O)NCCCNC(=O)CCCCO[C@@H]3O[C@H](CO)[C@H](O)[C@H](O)[C@H]3NC(C)=O)[C@@H]2OCC(=O)NCCCNC(=O)CCCCO[C@@H]2O[C@H](CO)[C@H](O)[C@H](O)[C@H]2NC(C)=O)O[C@H](CO)[C@H](O)[C@@H]1O. The van der Waals surface area contributed by atoms with Gasteiger partial charge in [0.05, 0.1) is 32.0 Å². The number of amides is 9. The molecule has 0 aromatic heterocycles. The average molecular weight is 1550 g/mol. The predicted octanol–water partition coefficient (Wildman–Crippen LogP) is -5.21. The summed E-state index contributed by atoms with van der Waals surface area (Å²) in [4.78, 5) is 119. The summed E-state index contributed by atoms with van der Waals surface area (Å²) in [5.74, 6) is -4.70. The molecule has 0 aromatic rings. The Labute approximate surface area is 628 Å². The first-order valence-electron chi connectivity index (χ1n) is 37.2. The van der Waals surface area contributed by atoms with Crippen LogP contribution in [-0.4, -0.2) is 321 Å². The second-order valence-electron chi connectivity index (χ2n) is 27.0. The molecule has 618 valence electrons. The first kappa shape index (κ1) is 93.7. The Morgan fingerprint density at radius 3 is 1.09 bits per heavy atom. The lowest BCUT2D eigenvalue weighted by molar-refractivity contribution is -0.270. The van der Waals surface area contributed by atoms with Crippen molar-refractivity contribution >= 4 is 53.2 Å². The molecule has 1 aliphatic carbocycles. The number of unbranched alkanes of at least 4 members (excludes halogenated alkanes) is 6. The van der Waals surface area contributed by atoms with Crippen LogP contribution in [0.5, 0.6) is 0 Å². The molecule has 3 aliphatic heterocycles. The van der Waals surface area contributed by atoms with E-state index in [2.05, 4.69) is 69.8 Å². The van der Waals surface area contributed by atoms with Gasteiger partial charge in [-0.05, 0) is 95.9 Å². The van der Waals surface area contributed by atoms with Crippen LogP contribution in [0.2, 0.25) is 0 Å². The second kappa shape index (κ2) is 53.3. The summed E-state index contributed by atoms with van der Waals surface area (Å²) in [5.41, 5.74) is 9.11. The normalized spacial score (nSPS) is 27.5. The fourth-order valence-corrected chi connectivity index (χ4v) is 12.2. The minimum Gasteiger partial charge on any atom is -0.394 e. The molecule has 0 radical (unpaired) electrons. The van der Waals surface area contributed by atoms with Crippen LogP contribution in [0.4, 0.5) is 0 Å². The summed E-state index contributed by atoms with van der Waals surface area (Å²) in [6.07, 6.45) is -12.1. The molecule has 1 saturated carbocycles. The van der Waals surface area contributed by atoms with E-state index in [1.165, 1.54) is 13.8 Å². The Kier molecular flexibility index (Phi) is 46.2. The third-order valence-corrected chi connectivity index (χ3v) is 18.0. The number of carbonyl (C=O) groups is 9. The second-order valence-corrected chi connectivity index (χ2v) is 27.0. The van der Waals surface area contributed by atoms with Crippen molar-refractivity contribution in [3.05, 3.63) is 22.7 Å². The highest BCUT2D eigenvalue weighted by Gasteiger charge is 2.49. The summed E-state index contributed by atoms with van der Waals surface area (Å²) in [6.45, 7) is 6.31. The molecule has 0 bridgehead atoms. The fraction of sp³-hybridized carbons (Fsp3) is 0.838. The summed E-state index contributed by atoms with van der Waals surface area (Å²) >= 11 is 0. The maximum atomic E-state index is 13.9. The van der Waals surface area contributed by atoms with Gasteiger partial charge in [0.15, 0.2) is 18.9 Å². The maximum Gasteiger partial charge on any atom is 0.246 e. The number of aliphatic hydroxyl groups is 9. The molecule has 0 aromatic carbocycles. The van der Waals surface area contributed by atoms with Crippen LogP contribution in [-0.2, 0) is 85.8 Å². The number of aliphatic hydroxyl groups excluding tert-OH is 9. The van der Waals surface area contributed by atoms with Gasteiger partial charge in [-0.2, -0.15) is 0 Å². The molecule has 3 saturated heterocycles. The predicted molar refractivity (Wildman–Crippen MR) is 379 cm³/mol. The minimum atomic E-state index is -1.47. The summed E-state index contributed by atoms with van der Waals surface area (Å²) in [5, 5.41) is 122. The molecule has 19 N–H and O–H groups in total. The Morgan fingerprint density at radius 1 is 0.417 bits per heavy atom. The Bertz CT molecular complexity index is 2660. The highest BCUT2D eigenvalue weighted by atomic mass is 16.7. The van der Waals surface area contributed by atoms with Crippen molar-refractivity contribution in [3.8, 4) is 0 Å². The van der Waals surface area contributed by atoms with Crippen LogP contribution >= 0.6 is 0 Å². The van der Waals surface area contributed by atoms with Gasteiger partial charge >= 0.3 is 0 Å². The molecule has 0 unspecified atom stereocenters. The molecule has 108 heavy (non-hydrogen) atoms. The molecule has 40 heteroatoms. The summed E-state index contributed by atoms with van der Waals surface area (Å²) in [7, 11) is 0. The van der Waals surface area contributed by atoms with Crippen molar-refractivity contribution in [1.29, 1.82) is 0 Å². The Balaban J connectivity index is 1.31. The molecule has 40 nitrogen and oxygen atoms in total. The van der Waals surface area contributed by atoms with Crippen molar-refractivity contribution in [2.24, 2.45) is 11.0 Å². The molecule has 4 fully saturated rings. The summed E-state index contributed by atoms with van der Waals surface area (Å²) in [6, 6.07) is -3.08. The van der Waals surface area contributed by atoms with Gasteiger partial charge in [0.1, 0.15) is 99.0 Å². The molecule has 4 aliphatic rings. The number of hydrogen-bond donors (Lipinski definition) is 19. The quantitative estimate of drug-likeness (QED) is 0.0117. The zero-order chi connectivity index (χ0) is 79.3. The summed E-state index contributed by atoms with van der Waals surface area (Å²) < 4.78 is 52.7. The van der Waals surface area contributed by atoms with E-state index in [0.717, 1.165) is 12.8 Å². The Hall–Kier alpha value is -6.64. The largest absolute Gasteiger partial charge is 0.394 e. The van der Waals surface area contributed by atoms with Gasteiger partial charge in [-0.25, -0.2) is 0 Å². The van der Waals surface area contributed by atoms with E-state index in [0.29, 0.717) is 89.4 Å².